The molecule has 0 saturated heterocycles. The van der Waals surface area contributed by atoms with Crippen molar-refractivity contribution < 1.29 is 14.3 Å². The zero-order valence-corrected chi connectivity index (χ0v) is 13.4. The monoisotopic (exact) mass is 327 g/mol. The van der Waals surface area contributed by atoms with Crippen LogP contribution < -0.4 is 4.74 Å². The van der Waals surface area contributed by atoms with Crippen molar-refractivity contribution in [3.63, 3.8) is 0 Å². The summed E-state index contributed by atoms with van der Waals surface area (Å²) in [4.78, 5) is 27.3. The minimum Gasteiger partial charge on any atom is -0.424 e. The number of aryl methyl sites for hydroxylation is 1. The predicted octanol–water partition coefficient (Wildman–Crippen LogP) is 4.29. The molecule has 0 aliphatic carbocycles. The molecule has 1 aromatic heterocycles. The van der Waals surface area contributed by atoms with Crippen LogP contribution in [0.2, 0.25) is 5.02 Å². The summed E-state index contributed by atoms with van der Waals surface area (Å²) in [6.07, 6.45) is 0. The summed E-state index contributed by atoms with van der Waals surface area (Å²) in [6, 6.07) is 12.4. The molecule has 0 bridgehead atoms. The van der Waals surface area contributed by atoms with Crippen LogP contribution in [-0.2, 0) is 4.79 Å². The van der Waals surface area contributed by atoms with Crippen LogP contribution >= 0.6 is 11.6 Å². The Labute approximate surface area is 138 Å². The van der Waals surface area contributed by atoms with E-state index in [1.165, 1.54) is 6.92 Å². The molecule has 3 aromatic rings. The molecule has 0 aliphatic rings. The number of ether oxygens (including phenoxy) is 1. The number of fused-ring (bicyclic) bond motifs is 1. The Kier molecular flexibility index (Phi) is 3.92. The fraction of sp³-hybridized carbons (Fsp3) is 0.111. The molecule has 0 spiro atoms. The Morgan fingerprint density at radius 1 is 1.13 bits per heavy atom. The van der Waals surface area contributed by atoms with Crippen LogP contribution in [0.4, 0.5) is 0 Å². The van der Waals surface area contributed by atoms with Crippen LogP contribution in [0.5, 0.6) is 5.75 Å². The summed E-state index contributed by atoms with van der Waals surface area (Å²) in [5.41, 5.74) is 2.42. The minimum atomic E-state index is -0.496. The highest BCUT2D eigenvalue weighted by atomic mass is 35.5. The SMILES string of the molecule is CC(=O)Oc1c(C(=O)c2cccc(C)c2)[nH]c2ccc(Cl)cc12. The zero-order valence-electron chi connectivity index (χ0n) is 12.6. The van der Waals surface area contributed by atoms with E-state index in [0.29, 0.717) is 21.5 Å². The summed E-state index contributed by atoms with van der Waals surface area (Å²) in [5.74, 6) is -0.525. The molecule has 0 unspecified atom stereocenters. The highest BCUT2D eigenvalue weighted by molar-refractivity contribution is 6.31. The number of hydrogen-bond donors (Lipinski definition) is 1. The summed E-state index contributed by atoms with van der Waals surface area (Å²) in [6.45, 7) is 3.21. The number of aromatic nitrogens is 1. The maximum Gasteiger partial charge on any atom is 0.308 e. The van der Waals surface area contributed by atoms with Gasteiger partial charge in [-0.1, -0.05) is 35.4 Å². The summed E-state index contributed by atoms with van der Waals surface area (Å²) < 4.78 is 5.28. The third-order valence-corrected chi connectivity index (χ3v) is 3.70. The third-order valence-electron chi connectivity index (χ3n) is 3.47. The van der Waals surface area contributed by atoms with Gasteiger partial charge in [-0.25, -0.2) is 0 Å². The van der Waals surface area contributed by atoms with Crippen LogP contribution in [0.1, 0.15) is 28.5 Å². The first kappa shape index (κ1) is 15.3. The van der Waals surface area contributed by atoms with Gasteiger partial charge in [0.1, 0.15) is 5.69 Å². The van der Waals surface area contributed by atoms with E-state index in [1.807, 2.05) is 19.1 Å². The number of carbonyl (C=O) groups is 2. The van der Waals surface area contributed by atoms with Crippen LogP contribution in [0.25, 0.3) is 10.9 Å². The first-order valence-corrected chi connectivity index (χ1v) is 7.44. The van der Waals surface area contributed by atoms with Crippen molar-refractivity contribution >= 4 is 34.3 Å². The number of halogens is 1. The molecule has 23 heavy (non-hydrogen) atoms. The molecule has 0 atom stereocenters. The van der Waals surface area contributed by atoms with Gasteiger partial charge in [0.05, 0.1) is 0 Å². The van der Waals surface area contributed by atoms with Crippen molar-refractivity contribution in [1.29, 1.82) is 0 Å². The lowest BCUT2D eigenvalue weighted by molar-refractivity contribution is -0.131. The number of aromatic amines is 1. The Morgan fingerprint density at radius 2 is 1.91 bits per heavy atom. The molecular weight excluding hydrogens is 314 g/mol. The standard InChI is InChI=1S/C18H14ClNO3/c1-10-4-3-5-12(8-10)17(22)16-18(23-11(2)21)14-9-13(19)6-7-15(14)20-16/h3-9,20H,1-2H3. The number of carbonyl (C=O) groups excluding carboxylic acids is 2. The van der Waals surface area contributed by atoms with Gasteiger partial charge < -0.3 is 9.72 Å². The largest absolute Gasteiger partial charge is 0.424 e. The lowest BCUT2D eigenvalue weighted by Gasteiger charge is -2.05. The maximum atomic E-state index is 12.8. The van der Waals surface area contributed by atoms with E-state index < -0.39 is 5.97 Å². The molecular formula is C18H14ClNO3. The highest BCUT2D eigenvalue weighted by Crippen LogP contribution is 2.33. The van der Waals surface area contributed by atoms with Crippen LogP contribution in [0.15, 0.2) is 42.5 Å². The van der Waals surface area contributed by atoms with Crippen molar-refractivity contribution in [2.45, 2.75) is 13.8 Å². The van der Waals surface area contributed by atoms with Gasteiger partial charge in [-0.05, 0) is 31.2 Å². The topological polar surface area (TPSA) is 59.2 Å². The minimum absolute atomic E-state index is 0.210. The first-order valence-electron chi connectivity index (χ1n) is 7.06. The second-order valence-electron chi connectivity index (χ2n) is 5.31. The van der Waals surface area contributed by atoms with Gasteiger partial charge in [0.2, 0.25) is 5.78 Å². The predicted molar refractivity (Wildman–Crippen MR) is 89.2 cm³/mol. The van der Waals surface area contributed by atoms with Gasteiger partial charge in [-0.15, -0.1) is 0 Å². The van der Waals surface area contributed by atoms with E-state index in [-0.39, 0.29) is 17.2 Å². The summed E-state index contributed by atoms with van der Waals surface area (Å²) in [5, 5.41) is 1.10. The normalized spacial score (nSPS) is 10.7. The number of nitrogens with one attached hydrogen (secondary N) is 1. The van der Waals surface area contributed by atoms with Gasteiger partial charge in [-0.3, -0.25) is 9.59 Å². The smallest absolute Gasteiger partial charge is 0.308 e. The van der Waals surface area contributed by atoms with E-state index in [1.54, 1.807) is 30.3 Å². The molecule has 0 saturated carbocycles. The Hall–Kier alpha value is -2.59. The Balaban J connectivity index is 2.19. The number of benzene rings is 2. The second-order valence-corrected chi connectivity index (χ2v) is 5.75. The molecule has 1 heterocycles. The average Bonchev–Trinajstić information content (AvgIpc) is 2.84. The molecule has 1 N–H and O–H groups in total. The van der Waals surface area contributed by atoms with Crippen molar-refractivity contribution in [2.24, 2.45) is 0 Å². The van der Waals surface area contributed by atoms with Crippen molar-refractivity contribution in [2.75, 3.05) is 0 Å². The first-order chi connectivity index (χ1) is 11.0. The third kappa shape index (κ3) is 2.98. The second kappa shape index (κ2) is 5.89. The quantitative estimate of drug-likeness (QED) is 0.576. The number of esters is 1. The average molecular weight is 328 g/mol. The van der Waals surface area contributed by atoms with E-state index in [2.05, 4.69) is 4.98 Å². The van der Waals surface area contributed by atoms with Crippen LogP contribution in [-0.4, -0.2) is 16.7 Å². The number of hydrogen-bond acceptors (Lipinski definition) is 3. The van der Waals surface area contributed by atoms with Gasteiger partial charge >= 0.3 is 5.97 Å². The van der Waals surface area contributed by atoms with Gasteiger partial charge in [-0.2, -0.15) is 0 Å². The van der Waals surface area contributed by atoms with Gasteiger partial charge in [0.15, 0.2) is 5.75 Å². The fourth-order valence-electron chi connectivity index (χ4n) is 2.48. The molecule has 4 nitrogen and oxygen atoms in total. The van der Waals surface area contributed by atoms with E-state index in [9.17, 15) is 9.59 Å². The lowest BCUT2D eigenvalue weighted by atomic mass is 10.1. The number of H-pyrrole nitrogens is 1. The Bertz CT molecular complexity index is 927. The van der Waals surface area contributed by atoms with Crippen molar-refractivity contribution in [3.05, 3.63) is 64.3 Å². The fourth-order valence-corrected chi connectivity index (χ4v) is 2.65. The van der Waals surface area contributed by atoms with Crippen molar-refractivity contribution in [1.82, 2.24) is 4.98 Å². The molecule has 0 aliphatic heterocycles. The van der Waals surface area contributed by atoms with Crippen LogP contribution in [0, 0.1) is 6.92 Å². The van der Waals surface area contributed by atoms with Gasteiger partial charge in [0, 0.05) is 28.4 Å². The van der Waals surface area contributed by atoms with Gasteiger partial charge in [0.25, 0.3) is 0 Å². The molecule has 2 aromatic carbocycles. The number of rotatable bonds is 3. The van der Waals surface area contributed by atoms with Crippen LogP contribution in [0.3, 0.4) is 0 Å². The molecule has 3 rings (SSSR count). The summed E-state index contributed by atoms with van der Waals surface area (Å²) >= 11 is 6.01. The van der Waals surface area contributed by atoms with Crippen molar-refractivity contribution in [3.8, 4) is 5.75 Å². The van der Waals surface area contributed by atoms with E-state index in [0.717, 1.165) is 5.56 Å². The van der Waals surface area contributed by atoms with E-state index >= 15 is 0 Å². The molecule has 5 heteroatoms. The van der Waals surface area contributed by atoms with E-state index in [4.69, 9.17) is 16.3 Å². The molecule has 116 valence electrons. The molecule has 0 radical (unpaired) electrons. The highest BCUT2D eigenvalue weighted by Gasteiger charge is 2.22. The maximum absolute atomic E-state index is 12.8. The Morgan fingerprint density at radius 3 is 2.61 bits per heavy atom. The zero-order chi connectivity index (χ0) is 16.6. The molecule has 0 amide bonds. The molecule has 0 fully saturated rings. The number of ketones is 1. The lowest BCUT2D eigenvalue weighted by Crippen LogP contribution is -2.08. The summed E-state index contributed by atoms with van der Waals surface area (Å²) in [7, 11) is 0.